The van der Waals surface area contributed by atoms with Crippen molar-refractivity contribution in [1.82, 2.24) is 20.8 Å². The maximum atomic E-state index is 13.4. The van der Waals surface area contributed by atoms with Crippen LogP contribution in [0.3, 0.4) is 0 Å². The van der Waals surface area contributed by atoms with Crippen LogP contribution in [0.1, 0.15) is 52.0 Å². The normalized spacial score (nSPS) is 18.3. The number of carbonyl (C=O) groups excluding carboxylic acids is 3. The molecule has 0 aliphatic heterocycles. The molecule has 39 heavy (non-hydrogen) atoms. The van der Waals surface area contributed by atoms with Gasteiger partial charge in [0.05, 0.1) is 11.7 Å². The largest absolute Gasteiger partial charge is 0.444 e. The Kier molecular flexibility index (Phi) is 9.27. The number of H-pyrrole nitrogens is 1. The van der Waals surface area contributed by atoms with Gasteiger partial charge in [-0.1, -0.05) is 28.1 Å². The molecule has 3 amide bonds. The summed E-state index contributed by atoms with van der Waals surface area (Å²) in [6.07, 6.45) is 4.72. The van der Waals surface area contributed by atoms with Crippen LogP contribution in [0, 0.1) is 11.8 Å². The van der Waals surface area contributed by atoms with Gasteiger partial charge in [0.1, 0.15) is 11.6 Å². The lowest BCUT2D eigenvalue weighted by atomic mass is 9.81. The second kappa shape index (κ2) is 12.6. The van der Waals surface area contributed by atoms with Crippen molar-refractivity contribution >= 4 is 50.4 Å². The minimum absolute atomic E-state index is 0.116. The van der Waals surface area contributed by atoms with Gasteiger partial charge in [-0.3, -0.25) is 14.7 Å². The number of ether oxygens (including phenoxy) is 1. The molecule has 4 rings (SSSR count). The molecule has 0 spiro atoms. The lowest BCUT2D eigenvalue weighted by Gasteiger charge is -2.29. The van der Waals surface area contributed by atoms with Gasteiger partial charge in [-0.2, -0.15) is 5.10 Å². The molecule has 1 fully saturated rings. The molecule has 4 N–H and O–H groups in total. The van der Waals surface area contributed by atoms with Crippen LogP contribution >= 0.6 is 15.9 Å². The number of aromatic nitrogens is 2. The number of aromatic amines is 1. The van der Waals surface area contributed by atoms with E-state index in [1.54, 1.807) is 6.20 Å². The van der Waals surface area contributed by atoms with Gasteiger partial charge in [0, 0.05) is 34.4 Å². The number of amides is 3. The molecule has 3 aromatic rings. The molecule has 2 aromatic carbocycles. The van der Waals surface area contributed by atoms with E-state index in [9.17, 15) is 14.4 Å². The van der Waals surface area contributed by atoms with E-state index in [2.05, 4.69) is 42.1 Å². The van der Waals surface area contributed by atoms with Gasteiger partial charge in [0.15, 0.2) is 0 Å². The fourth-order valence-corrected chi connectivity index (χ4v) is 5.03. The number of fused-ring (bicyclic) bond motifs is 1. The predicted molar refractivity (Wildman–Crippen MR) is 154 cm³/mol. The Hall–Kier alpha value is -3.40. The molecule has 1 aliphatic carbocycles. The Balaban J connectivity index is 1.35. The lowest BCUT2D eigenvalue weighted by Crippen LogP contribution is -2.48. The summed E-state index contributed by atoms with van der Waals surface area (Å²) in [5, 5.41) is 16.7. The Bertz CT molecular complexity index is 1290. The minimum Gasteiger partial charge on any atom is -0.444 e. The van der Waals surface area contributed by atoms with E-state index in [4.69, 9.17) is 4.74 Å². The first-order valence-corrected chi connectivity index (χ1v) is 14.1. The topological polar surface area (TPSA) is 125 Å². The van der Waals surface area contributed by atoms with Crippen LogP contribution < -0.4 is 16.0 Å². The fraction of sp³-hybridized carbons (Fsp3) is 0.448. The molecule has 9 nitrogen and oxygen atoms in total. The summed E-state index contributed by atoms with van der Waals surface area (Å²) in [7, 11) is 0. The number of halogens is 1. The smallest absolute Gasteiger partial charge is 0.407 e. The molecule has 10 heteroatoms. The summed E-state index contributed by atoms with van der Waals surface area (Å²) >= 11 is 3.44. The molecule has 0 bridgehead atoms. The Morgan fingerprint density at radius 2 is 1.79 bits per heavy atom. The first kappa shape index (κ1) is 28.6. The predicted octanol–water partition coefficient (Wildman–Crippen LogP) is 5.32. The summed E-state index contributed by atoms with van der Waals surface area (Å²) in [5.74, 6) is -0.277. The van der Waals surface area contributed by atoms with E-state index in [1.807, 2.05) is 63.2 Å². The minimum atomic E-state index is -0.734. The lowest BCUT2D eigenvalue weighted by molar-refractivity contribution is -0.130. The summed E-state index contributed by atoms with van der Waals surface area (Å²) in [6, 6.07) is 12.5. The van der Waals surface area contributed by atoms with E-state index in [-0.39, 0.29) is 17.7 Å². The van der Waals surface area contributed by atoms with Crippen molar-refractivity contribution in [2.45, 2.75) is 64.5 Å². The molecule has 0 saturated heterocycles. The highest BCUT2D eigenvalue weighted by molar-refractivity contribution is 9.10. The molecular weight excluding hydrogens is 562 g/mol. The van der Waals surface area contributed by atoms with E-state index < -0.39 is 17.7 Å². The molecule has 1 aliphatic rings. The molecule has 0 radical (unpaired) electrons. The number of alkyl carbamates (subject to hydrolysis) is 1. The Morgan fingerprint density at radius 3 is 2.49 bits per heavy atom. The van der Waals surface area contributed by atoms with Gasteiger partial charge in [-0.15, -0.1) is 0 Å². The highest BCUT2D eigenvalue weighted by Gasteiger charge is 2.30. The number of nitrogens with one attached hydrogen (secondary N) is 4. The molecule has 1 heterocycles. The average Bonchev–Trinajstić information content (AvgIpc) is 3.35. The van der Waals surface area contributed by atoms with E-state index >= 15 is 0 Å². The third-order valence-electron chi connectivity index (χ3n) is 6.85. The van der Waals surface area contributed by atoms with E-state index in [1.165, 1.54) is 0 Å². The quantitative estimate of drug-likeness (QED) is 0.279. The van der Waals surface area contributed by atoms with E-state index in [0.29, 0.717) is 37.4 Å². The van der Waals surface area contributed by atoms with Crippen LogP contribution in [0.4, 0.5) is 10.5 Å². The zero-order chi connectivity index (χ0) is 28.0. The van der Waals surface area contributed by atoms with Gasteiger partial charge in [-0.25, -0.2) is 4.79 Å². The van der Waals surface area contributed by atoms with Crippen molar-refractivity contribution in [3.05, 3.63) is 58.7 Å². The van der Waals surface area contributed by atoms with Crippen LogP contribution in [0.25, 0.3) is 10.9 Å². The van der Waals surface area contributed by atoms with Crippen LogP contribution in [0.15, 0.2) is 53.1 Å². The molecule has 1 saturated carbocycles. The molecule has 1 aromatic heterocycles. The zero-order valence-corrected chi connectivity index (χ0v) is 24.1. The fourth-order valence-electron chi connectivity index (χ4n) is 4.77. The van der Waals surface area contributed by atoms with Crippen LogP contribution in [0.5, 0.6) is 0 Å². The van der Waals surface area contributed by atoms with Crippen LogP contribution in [-0.2, 0) is 20.7 Å². The second-order valence-electron chi connectivity index (χ2n) is 11.2. The molecular formula is C29H36BrN5O4. The number of benzene rings is 2. The van der Waals surface area contributed by atoms with Crippen molar-refractivity contribution < 1.29 is 19.1 Å². The second-order valence-corrected chi connectivity index (χ2v) is 12.1. The first-order valence-electron chi connectivity index (χ1n) is 13.3. The number of hydrogen-bond donors (Lipinski definition) is 4. The molecule has 0 unspecified atom stereocenters. The summed E-state index contributed by atoms with van der Waals surface area (Å²) in [5.41, 5.74) is 1.86. The average molecular weight is 599 g/mol. The summed E-state index contributed by atoms with van der Waals surface area (Å²) in [4.78, 5) is 38.6. The number of rotatable bonds is 8. The first-order chi connectivity index (χ1) is 18.6. The standard InChI is InChI=1S/C29H36BrN5O4/c1-29(2,3)39-28(38)31-16-19-4-8-20(9-5-19)26(36)34-25(14-18-6-11-22(30)12-7-18)27(37)33-23-13-10-21-17-32-35-24(21)15-23/h6-7,10-13,15,17,19-20,25H,4-5,8-9,14,16H2,1-3H3,(H,31,38)(H,32,35)(H,33,37)(H,34,36)/t19?,20?,25-/m0/s1. The Morgan fingerprint density at radius 1 is 1.08 bits per heavy atom. The number of anilines is 1. The molecule has 1 atom stereocenters. The highest BCUT2D eigenvalue weighted by atomic mass is 79.9. The number of hydrogen-bond acceptors (Lipinski definition) is 5. The number of nitrogens with zero attached hydrogens (tertiary/aromatic N) is 1. The van der Waals surface area contributed by atoms with Crippen LogP contribution in [0.2, 0.25) is 0 Å². The van der Waals surface area contributed by atoms with E-state index in [0.717, 1.165) is 33.8 Å². The van der Waals surface area contributed by atoms with Crippen LogP contribution in [-0.4, -0.2) is 46.3 Å². The Labute approximate surface area is 237 Å². The maximum Gasteiger partial charge on any atom is 0.407 e. The third-order valence-corrected chi connectivity index (χ3v) is 7.38. The van der Waals surface area contributed by atoms with Crippen molar-refractivity contribution in [3.8, 4) is 0 Å². The van der Waals surface area contributed by atoms with Crippen molar-refractivity contribution in [1.29, 1.82) is 0 Å². The highest BCUT2D eigenvalue weighted by Crippen LogP contribution is 2.29. The third kappa shape index (κ3) is 8.54. The monoisotopic (exact) mass is 597 g/mol. The van der Waals surface area contributed by atoms with Crippen molar-refractivity contribution in [2.75, 3.05) is 11.9 Å². The SMILES string of the molecule is CC(C)(C)OC(=O)NCC1CCC(C(=O)N[C@@H](Cc2ccc(Br)cc2)C(=O)Nc2ccc3cn[nH]c3c2)CC1. The van der Waals surface area contributed by atoms with Gasteiger partial charge < -0.3 is 20.7 Å². The van der Waals surface area contributed by atoms with Crippen molar-refractivity contribution in [3.63, 3.8) is 0 Å². The van der Waals surface area contributed by atoms with Gasteiger partial charge in [0.2, 0.25) is 11.8 Å². The summed E-state index contributed by atoms with van der Waals surface area (Å²) < 4.78 is 6.26. The maximum absolute atomic E-state index is 13.4. The molecule has 208 valence electrons. The van der Waals surface area contributed by atoms with Gasteiger partial charge in [-0.05, 0) is 88.3 Å². The van der Waals surface area contributed by atoms with Gasteiger partial charge in [0.25, 0.3) is 0 Å². The zero-order valence-electron chi connectivity index (χ0n) is 22.6. The summed E-state index contributed by atoms with van der Waals surface area (Å²) in [6.45, 7) is 6.02. The van der Waals surface area contributed by atoms with Crippen molar-refractivity contribution in [2.24, 2.45) is 11.8 Å². The number of carbonyl (C=O) groups is 3. The van der Waals surface area contributed by atoms with Gasteiger partial charge >= 0.3 is 6.09 Å².